The quantitative estimate of drug-likeness (QED) is 0.920. The van der Waals surface area contributed by atoms with Gasteiger partial charge in [0.15, 0.2) is 11.5 Å². The van der Waals surface area contributed by atoms with Gasteiger partial charge in [0.1, 0.15) is 6.61 Å². The molecule has 120 valence electrons. The molecule has 6 nitrogen and oxygen atoms in total. The molecule has 0 aliphatic carbocycles. The second-order valence-corrected chi connectivity index (χ2v) is 6.00. The van der Waals surface area contributed by atoms with Crippen molar-refractivity contribution in [3.63, 3.8) is 0 Å². The molecular weight excluding hydrogens is 294 g/mol. The van der Waals surface area contributed by atoms with Gasteiger partial charge in [-0.3, -0.25) is 9.89 Å². The summed E-state index contributed by atoms with van der Waals surface area (Å²) in [6.07, 6.45) is 3.24. The van der Waals surface area contributed by atoms with E-state index in [2.05, 4.69) is 10.2 Å². The van der Waals surface area contributed by atoms with Crippen molar-refractivity contribution >= 4 is 5.91 Å². The molecule has 2 atom stereocenters. The fourth-order valence-corrected chi connectivity index (χ4v) is 3.27. The van der Waals surface area contributed by atoms with E-state index < -0.39 is 6.10 Å². The summed E-state index contributed by atoms with van der Waals surface area (Å²) in [5.74, 6) is 1.65. The monoisotopic (exact) mass is 313 g/mol. The van der Waals surface area contributed by atoms with Crippen LogP contribution in [0.1, 0.15) is 24.5 Å². The zero-order valence-corrected chi connectivity index (χ0v) is 12.8. The second kappa shape index (κ2) is 5.95. The third-order valence-corrected chi connectivity index (χ3v) is 4.48. The minimum absolute atomic E-state index is 0.00344. The molecule has 1 aromatic heterocycles. The van der Waals surface area contributed by atoms with Gasteiger partial charge in [0.05, 0.1) is 0 Å². The first kappa shape index (κ1) is 14.1. The first-order chi connectivity index (χ1) is 11.3. The predicted octanol–water partition coefficient (Wildman–Crippen LogP) is 1.96. The topological polar surface area (TPSA) is 67.5 Å². The van der Waals surface area contributed by atoms with Crippen molar-refractivity contribution in [1.29, 1.82) is 0 Å². The van der Waals surface area contributed by atoms with Crippen LogP contribution in [0, 0.1) is 0 Å². The fraction of sp³-hybridized carbons (Fsp3) is 0.412. The maximum absolute atomic E-state index is 12.8. The zero-order chi connectivity index (χ0) is 15.6. The summed E-state index contributed by atoms with van der Waals surface area (Å²) < 4.78 is 11.5. The zero-order valence-electron chi connectivity index (χ0n) is 12.8. The summed E-state index contributed by atoms with van der Waals surface area (Å²) in [5, 5.41) is 7.02. The van der Waals surface area contributed by atoms with Gasteiger partial charge in [-0.1, -0.05) is 12.1 Å². The van der Waals surface area contributed by atoms with Crippen molar-refractivity contribution in [2.45, 2.75) is 24.9 Å². The molecule has 4 rings (SSSR count). The molecular formula is C17H19N3O3. The summed E-state index contributed by atoms with van der Waals surface area (Å²) in [6, 6.07) is 9.44. The van der Waals surface area contributed by atoms with Crippen LogP contribution in [0.2, 0.25) is 0 Å². The number of aromatic nitrogens is 2. The molecule has 0 radical (unpaired) electrons. The van der Waals surface area contributed by atoms with Crippen LogP contribution < -0.4 is 9.47 Å². The van der Waals surface area contributed by atoms with Crippen LogP contribution in [-0.2, 0) is 4.79 Å². The van der Waals surface area contributed by atoms with Gasteiger partial charge < -0.3 is 14.4 Å². The molecule has 23 heavy (non-hydrogen) atoms. The van der Waals surface area contributed by atoms with Crippen molar-refractivity contribution in [2.75, 3.05) is 19.7 Å². The summed E-state index contributed by atoms with van der Waals surface area (Å²) in [7, 11) is 0. The van der Waals surface area contributed by atoms with Crippen LogP contribution in [0.5, 0.6) is 11.5 Å². The number of likely N-dealkylation sites (tertiary alicyclic amines) is 1. The number of carbonyl (C=O) groups is 1. The lowest BCUT2D eigenvalue weighted by molar-refractivity contribution is -0.142. The van der Waals surface area contributed by atoms with Gasteiger partial charge in [0.2, 0.25) is 6.10 Å². The number of benzene rings is 1. The lowest BCUT2D eigenvalue weighted by Gasteiger charge is -2.35. The minimum Gasteiger partial charge on any atom is -0.485 e. The molecule has 1 aromatic carbocycles. The van der Waals surface area contributed by atoms with E-state index in [4.69, 9.17) is 9.47 Å². The molecule has 1 fully saturated rings. The first-order valence-corrected chi connectivity index (χ1v) is 7.98. The van der Waals surface area contributed by atoms with Crippen molar-refractivity contribution in [3.05, 3.63) is 42.2 Å². The highest BCUT2D eigenvalue weighted by atomic mass is 16.6. The average molecular weight is 313 g/mol. The van der Waals surface area contributed by atoms with Gasteiger partial charge in [-0.25, -0.2) is 0 Å². The Kier molecular flexibility index (Phi) is 3.65. The van der Waals surface area contributed by atoms with Gasteiger partial charge in [0.25, 0.3) is 5.91 Å². The van der Waals surface area contributed by atoms with E-state index in [9.17, 15) is 4.79 Å². The first-order valence-electron chi connectivity index (χ1n) is 7.98. The molecule has 2 aromatic rings. The standard InChI is InChI=1S/C17H19N3O3/c21-17(16-11-22-14-5-1-2-6-15(14)23-16)20-9-3-4-12(10-20)13-7-8-18-19-13/h1-2,5-8,12,16H,3-4,9-11H2,(H,18,19)/t12-,16-/m0/s1. The van der Waals surface area contributed by atoms with Crippen molar-refractivity contribution in [2.24, 2.45) is 0 Å². The number of fused-ring (bicyclic) bond motifs is 1. The number of H-pyrrole nitrogens is 1. The van der Waals surface area contributed by atoms with E-state index in [0.29, 0.717) is 24.0 Å². The lowest BCUT2D eigenvalue weighted by Crippen LogP contribution is -2.49. The Morgan fingerprint density at radius 3 is 2.96 bits per heavy atom. The van der Waals surface area contributed by atoms with Crippen molar-refractivity contribution < 1.29 is 14.3 Å². The molecule has 1 N–H and O–H groups in total. The highest BCUT2D eigenvalue weighted by Crippen LogP contribution is 2.32. The maximum Gasteiger partial charge on any atom is 0.267 e. The minimum atomic E-state index is -0.564. The van der Waals surface area contributed by atoms with E-state index in [0.717, 1.165) is 25.1 Å². The van der Waals surface area contributed by atoms with E-state index in [1.54, 1.807) is 6.20 Å². The van der Waals surface area contributed by atoms with E-state index in [-0.39, 0.29) is 12.5 Å². The van der Waals surface area contributed by atoms with Crippen molar-refractivity contribution in [3.8, 4) is 11.5 Å². The van der Waals surface area contributed by atoms with Gasteiger partial charge in [-0.15, -0.1) is 0 Å². The van der Waals surface area contributed by atoms with Gasteiger partial charge in [-0.05, 0) is 31.0 Å². The van der Waals surface area contributed by atoms with E-state index in [1.807, 2.05) is 35.2 Å². The van der Waals surface area contributed by atoms with Crippen LogP contribution >= 0.6 is 0 Å². The maximum atomic E-state index is 12.8. The van der Waals surface area contributed by atoms with Crippen LogP contribution in [0.4, 0.5) is 0 Å². The smallest absolute Gasteiger partial charge is 0.267 e. The number of aromatic amines is 1. The SMILES string of the molecule is O=C([C@@H]1COc2ccccc2O1)N1CCC[C@H](c2ccn[nH]2)C1. The third-order valence-electron chi connectivity index (χ3n) is 4.48. The van der Waals surface area contributed by atoms with Gasteiger partial charge in [0, 0.05) is 30.9 Å². The largest absolute Gasteiger partial charge is 0.485 e. The number of piperidine rings is 1. The molecule has 0 bridgehead atoms. The normalized spacial score (nSPS) is 23.6. The van der Waals surface area contributed by atoms with E-state index in [1.165, 1.54) is 0 Å². The molecule has 1 amide bonds. The van der Waals surface area contributed by atoms with E-state index >= 15 is 0 Å². The highest BCUT2D eigenvalue weighted by molar-refractivity contribution is 5.82. The number of amides is 1. The fourth-order valence-electron chi connectivity index (χ4n) is 3.27. The highest BCUT2D eigenvalue weighted by Gasteiger charge is 2.34. The predicted molar refractivity (Wildman–Crippen MR) is 83.5 cm³/mol. The molecule has 6 heteroatoms. The number of carbonyl (C=O) groups excluding carboxylic acids is 1. The van der Waals surface area contributed by atoms with Gasteiger partial charge in [-0.2, -0.15) is 5.10 Å². The van der Waals surface area contributed by atoms with Crippen LogP contribution in [0.25, 0.3) is 0 Å². The van der Waals surface area contributed by atoms with Crippen LogP contribution in [0.15, 0.2) is 36.5 Å². The molecule has 2 aliphatic rings. The Labute approximate surface area is 134 Å². The summed E-state index contributed by atoms with van der Waals surface area (Å²) in [6.45, 7) is 1.73. The molecule has 0 spiro atoms. The molecule has 1 saturated heterocycles. The summed E-state index contributed by atoms with van der Waals surface area (Å²) >= 11 is 0. The Hall–Kier alpha value is -2.50. The lowest BCUT2D eigenvalue weighted by atomic mass is 9.94. The number of para-hydroxylation sites is 2. The molecule has 0 saturated carbocycles. The summed E-state index contributed by atoms with van der Waals surface area (Å²) in [4.78, 5) is 14.7. The second-order valence-electron chi connectivity index (χ2n) is 6.00. The number of nitrogens with zero attached hydrogens (tertiary/aromatic N) is 2. The Morgan fingerprint density at radius 2 is 2.13 bits per heavy atom. The Bertz CT molecular complexity index is 686. The summed E-state index contributed by atoms with van der Waals surface area (Å²) in [5.41, 5.74) is 1.09. The van der Waals surface area contributed by atoms with Crippen LogP contribution in [0.3, 0.4) is 0 Å². The number of hydrogen-bond acceptors (Lipinski definition) is 4. The average Bonchev–Trinajstić information content (AvgIpc) is 3.15. The molecule has 2 aliphatic heterocycles. The Morgan fingerprint density at radius 1 is 1.26 bits per heavy atom. The number of hydrogen-bond donors (Lipinski definition) is 1. The van der Waals surface area contributed by atoms with Gasteiger partial charge >= 0.3 is 0 Å². The third kappa shape index (κ3) is 2.76. The molecule has 0 unspecified atom stereocenters. The molecule has 3 heterocycles. The number of nitrogens with one attached hydrogen (secondary N) is 1. The number of rotatable bonds is 2. The Balaban J connectivity index is 1.45. The number of ether oxygens (including phenoxy) is 2. The van der Waals surface area contributed by atoms with Crippen LogP contribution in [-0.4, -0.2) is 46.8 Å². The van der Waals surface area contributed by atoms with Crippen molar-refractivity contribution in [1.82, 2.24) is 15.1 Å².